The van der Waals surface area contributed by atoms with Crippen molar-refractivity contribution in [3.63, 3.8) is 0 Å². The number of fused-ring (bicyclic) bond motifs is 1. The van der Waals surface area contributed by atoms with E-state index < -0.39 is 0 Å². The molecule has 2 aromatic carbocycles. The lowest BCUT2D eigenvalue weighted by Crippen LogP contribution is -2.38. The smallest absolute Gasteiger partial charge is 0.227 e. The fourth-order valence-electron chi connectivity index (χ4n) is 3.90. The molecule has 7 heteroatoms. The number of rotatable bonds is 7. The molecular weight excluding hydrogens is 393 g/mol. The molecular formula is C24H28FN5O. The van der Waals surface area contributed by atoms with Crippen LogP contribution < -0.4 is 15.5 Å². The van der Waals surface area contributed by atoms with Gasteiger partial charge in [0.1, 0.15) is 5.82 Å². The summed E-state index contributed by atoms with van der Waals surface area (Å²) in [6.45, 7) is 4.87. The molecule has 1 fully saturated rings. The van der Waals surface area contributed by atoms with Crippen molar-refractivity contribution in [3.05, 3.63) is 65.6 Å². The van der Waals surface area contributed by atoms with Crippen LogP contribution in [0.3, 0.4) is 0 Å². The summed E-state index contributed by atoms with van der Waals surface area (Å²) in [4.78, 5) is 21.5. The third-order valence-electron chi connectivity index (χ3n) is 5.50. The number of benzene rings is 2. The number of nitrogens with one attached hydrogen (secondary N) is 3. The number of carbonyl (C=O) groups excluding carboxylic acids is 1. The Morgan fingerprint density at radius 1 is 1.19 bits per heavy atom. The average Bonchev–Trinajstić information content (AvgIpc) is 3.38. The molecule has 0 radical (unpaired) electrons. The second kappa shape index (κ2) is 9.64. The van der Waals surface area contributed by atoms with Gasteiger partial charge in [-0.25, -0.2) is 9.38 Å². The molecule has 162 valence electrons. The van der Waals surface area contributed by atoms with Crippen molar-refractivity contribution in [3.8, 4) is 0 Å². The van der Waals surface area contributed by atoms with Gasteiger partial charge < -0.3 is 20.5 Å². The van der Waals surface area contributed by atoms with Gasteiger partial charge in [-0.3, -0.25) is 4.79 Å². The minimum atomic E-state index is -0.236. The Morgan fingerprint density at radius 2 is 2.03 bits per heavy atom. The van der Waals surface area contributed by atoms with Gasteiger partial charge in [0.2, 0.25) is 5.91 Å². The van der Waals surface area contributed by atoms with E-state index >= 15 is 0 Å². The van der Waals surface area contributed by atoms with Gasteiger partial charge in [0, 0.05) is 48.8 Å². The Morgan fingerprint density at radius 3 is 2.77 bits per heavy atom. The molecule has 1 amide bonds. The molecule has 6 nitrogen and oxygen atoms in total. The Hall–Kier alpha value is -3.35. The van der Waals surface area contributed by atoms with Crippen LogP contribution in [0.4, 0.5) is 10.1 Å². The molecule has 0 atom stereocenters. The van der Waals surface area contributed by atoms with Crippen LogP contribution in [0, 0.1) is 5.82 Å². The van der Waals surface area contributed by atoms with Crippen LogP contribution in [0.1, 0.15) is 30.9 Å². The molecule has 0 saturated carbocycles. The number of hydrogen-bond acceptors (Lipinski definition) is 2. The molecule has 3 aromatic rings. The molecule has 1 aliphatic heterocycles. The number of carbonyl (C=O) groups is 1. The molecule has 0 spiro atoms. The topological polar surface area (TPSA) is 72.5 Å². The minimum absolute atomic E-state index is 0.199. The zero-order valence-electron chi connectivity index (χ0n) is 17.7. The van der Waals surface area contributed by atoms with Gasteiger partial charge in [-0.15, -0.1) is 0 Å². The average molecular weight is 422 g/mol. The quantitative estimate of drug-likeness (QED) is 0.402. The maximum Gasteiger partial charge on any atom is 0.227 e. The fraction of sp³-hybridized carbons (Fsp3) is 0.333. The van der Waals surface area contributed by atoms with Crippen LogP contribution in [0.15, 0.2) is 53.7 Å². The fourth-order valence-corrected chi connectivity index (χ4v) is 3.90. The van der Waals surface area contributed by atoms with Crippen LogP contribution in [0.2, 0.25) is 0 Å². The largest absolute Gasteiger partial charge is 0.361 e. The highest BCUT2D eigenvalue weighted by Crippen LogP contribution is 2.22. The first-order valence-corrected chi connectivity index (χ1v) is 10.8. The van der Waals surface area contributed by atoms with E-state index in [9.17, 15) is 9.18 Å². The number of hydrogen-bond donors (Lipinski definition) is 3. The zero-order chi connectivity index (χ0) is 21.6. The number of halogens is 1. The van der Waals surface area contributed by atoms with Gasteiger partial charge in [-0.05, 0) is 61.2 Å². The first kappa shape index (κ1) is 20.9. The summed E-state index contributed by atoms with van der Waals surface area (Å²) in [7, 11) is 0. The second-order valence-corrected chi connectivity index (χ2v) is 7.69. The van der Waals surface area contributed by atoms with Crippen LogP contribution in [0.5, 0.6) is 0 Å². The second-order valence-electron chi connectivity index (χ2n) is 7.69. The summed E-state index contributed by atoms with van der Waals surface area (Å²) in [5.74, 6) is 0.720. The highest BCUT2D eigenvalue weighted by atomic mass is 19.1. The molecule has 4 rings (SSSR count). The lowest BCUT2D eigenvalue weighted by molar-refractivity contribution is -0.117. The predicted molar refractivity (Wildman–Crippen MR) is 123 cm³/mol. The van der Waals surface area contributed by atoms with Gasteiger partial charge in [0.25, 0.3) is 0 Å². The summed E-state index contributed by atoms with van der Waals surface area (Å²) in [6, 6.07) is 12.9. The van der Waals surface area contributed by atoms with E-state index in [0.29, 0.717) is 19.5 Å². The number of amides is 1. The lowest BCUT2D eigenvalue weighted by atomic mass is 10.1. The molecule has 2 heterocycles. The van der Waals surface area contributed by atoms with E-state index in [4.69, 9.17) is 0 Å². The monoisotopic (exact) mass is 421 g/mol. The molecule has 1 saturated heterocycles. The molecule has 0 bridgehead atoms. The molecule has 3 N–H and O–H groups in total. The number of nitrogens with zero attached hydrogens (tertiary/aromatic N) is 2. The highest BCUT2D eigenvalue weighted by Gasteiger charge is 2.21. The molecule has 0 aliphatic carbocycles. The van der Waals surface area contributed by atoms with Gasteiger partial charge in [0.05, 0.1) is 6.54 Å². The summed E-state index contributed by atoms with van der Waals surface area (Å²) in [6.07, 6.45) is 4.30. The van der Waals surface area contributed by atoms with Crippen molar-refractivity contribution < 1.29 is 9.18 Å². The number of H-pyrrole nitrogens is 1. The molecule has 1 aliphatic rings. The van der Waals surface area contributed by atoms with E-state index in [1.165, 1.54) is 12.1 Å². The molecule has 1 aromatic heterocycles. The Bertz CT molecular complexity index is 1070. The number of aromatic amines is 1. The van der Waals surface area contributed by atoms with Crippen LogP contribution in [-0.4, -0.2) is 36.5 Å². The number of aromatic nitrogens is 1. The van der Waals surface area contributed by atoms with E-state index in [1.807, 2.05) is 48.4 Å². The summed E-state index contributed by atoms with van der Waals surface area (Å²) in [5.41, 5.74) is 4.00. The van der Waals surface area contributed by atoms with Crippen molar-refractivity contribution in [2.75, 3.05) is 24.5 Å². The van der Waals surface area contributed by atoms with Gasteiger partial charge in [-0.2, -0.15) is 0 Å². The summed E-state index contributed by atoms with van der Waals surface area (Å²) in [5, 5.41) is 7.68. The van der Waals surface area contributed by atoms with Crippen molar-refractivity contribution in [2.45, 2.75) is 32.7 Å². The van der Waals surface area contributed by atoms with Gasteiger partial charge in [0.15, 0.2) is 5.96 Å². The summed E-state index contributed by atoms with van der Waals surface area (Å²) < 4.78 is 13.4. The maximum absolute atomic E-state index is 13.4. The van der Waals surface area contributed by atoms with E-state index in [2.05, 4.69) is 20.6 Å². The summed E-state index contributed by atoms with van der Waals surface area (Å²) >= 11 is 0. The number of aliphatic imine (C=N–C) groups is 1. The third kappa shape index (κ3) is 5.05. The third-order valence-corrected chi connectivity index (χ3v) is 5.50. The van der Waals surface area contributed by atoms with Crippen molar-refractivity contribution >= 4 is 28.5 Å². The SMILES string of the molecule is CCNC(=NCc1ccc(N2CCCC2=O)cc1)NCCc1c[nH]c2cc(F)ccc12. The standard InChI is InChI=1S/C24H28FN5O/c1-2-26-24(27-12-11-18-16-28-22-14-19(25)7-10-21(18)22)29-15-17-5-8-20(9-6-17)30-13-3-4-23(30)31/h5-10,14,16,28H,2-4,11-13,15H2,1H3,(H2,26,27,29). The predicted octanol–water partition coefficient (Wildman–Crippen LogP) is 3.73. The van der Waals surface area contributed by atoms with Crippen LogP contribution in [0.25, 0.3) is 10.9 Å². The Labute approximate surface area is 181 Å². The first-order chi connectivity index (χ1) is 15.1. The van der Waals surface area contributed by atoms with E-state index in [0.717, 1.165) is 59.6 Å². The van der Waals surface area contributed by atoms with Gasteiger partial charge in [-0.1, -0.05) is 12.1 Å². The van der Waals surface area contributed by atoms with E-state index in [-0.39, 0.29) is 11.7 Å². The zero-order valence-corrected chi connectivity index (χ0v) is 17.7. The first-order valence-electron chi connectivity index (χ1n) is 10.8. The Balaban J connectivity index is 1.34. The van der Waals surface area contributed by atoms with Crippen molar-refractivity contribution in [1.29, 1.82) is 0 Å². The number of guanidine groups is 1. The lowest BCUT2D eigenvalue weighted by Gasteiger charge is -2.16. The van der Waals surface area contributed by atoms with Crippen LogP contribution in [-0.2, 0) is 17.8 Å². The van der Waals surface area contributed by atoms with Gasteiger partial charge >= 0.3 is 0 Å². The number of anilines is 1. The minimum Gasteiger partial charge on any atom is -0.361 e. The highest BCUT2D eigenvalue weighted by molar-refractivity contribution is 5.95. The molecule has 0 unspecified atom stereocenters. The van der Waals surface area contributed by atoms with Crippen molar-refractivity contribution in [1.82, 2.24) is 15.6 Å². The normalized spacial score (nSPS) is 14.5. The van der Waals surface area contributed by atoms with Crippen LogP contribution >= 0.6 is 0 Å². The van der Waals surface area contributed by atoms with Crippen molar-refractivity contribution in [2.24, 2.45) is 4.99 Å². The van der Waals surface area contributed by atoms with E-state index in [1.54, 1.807) is 0 Å². The molecule has 31 heavy (non-hydrogen) atoms. The Kier molecular flexibility index (Phi) is 6.50. The maximum atomic E-state index is 13.4.